The molecule has 2 N–H and O–H groups in total. The number of anilines is 1. The van der Waals surface area contributed by atoms with Gasteiger partial charge < -0.3 is 15.1 Å². The molecule has 1 heterocycles. The molecule has 0 aliphatic heterocycles. The van der Waals surface area contributed by atoms with Crippen molar-refractivity contribution in [3.05, 3.63) is 24.0 Å². The van der Waals surface area contributed by atoms with Gasteiger partial charge in [-0.3, -0.25) is 4.98 Å². The van der Waals surface area contributed by atoms with Gasteiger partial charge >= 0.3 is 0 Å². The number of nitrogens with zero attached hydrogens (tertiary/aromatic N) is 2. The second kappa shape index (κ2) is 5.82. The summed E-state index contributed by atoms with van der Waals surface area (Å²) in [5.41, 5.74) is 1.66. The standard InChI is InChI=1S/C12H20N2O2/c1-9(15)6-7-14(3)11-4-5-12(10(2)16)13-8-11/h4-5,8-10,15-16H,6-7H2,1-3H3/t9?,10-/m0/s1. The van der Waals surface area contributed by atoms with Gasteiger partial charge in [0.1, 0.15) is 0 Å². The maximum atomic E-state index is 9.32. The van der Waals surface area contributed by atoms with E-state index in [0.717, 1.165) is 18.7 Å². The largest absolute Gasteiger partial charge is 0.393 e. The molecule has 0 fully saturated rings. The van der Waals surface area contributed by atoms with Crippen LogP contribution in [0.25, 0.3) is 0 Å². The lowest BCUT2D eigenvalue weighted by Crippen LogP contribution is -2.22. The Labute approximate surface area is 96.6 Å². The molecule has 0 saturated heterocycles. The normalized spacial score (nSPS) is 14.6. The van der Waals surface area contributed by atoms with Gasteiger partial charge in [-0.2, -0.15) is 0 Å². The van der Waals surface area contributed by atoms with E-state index >= 15 is 0 Å². The second-order valence-electron chi connectivity index (χ2n) is 4.18. The molecule has 1 aromatic rings. The van der Waals surface area contributed by atoms with Gasteiger partial charge in [0.25, 0.3) is 0 Å². The van der Waals surface area contributed by atoms with Crippen LogP contribution in [0.3, 0.4) is 0 Å². The van der Waals surface area contributed by atoms with Gasteiger partial charge in [-0.05, 0) is 32.4 Å². The van der Waals surface area contributed by atoms with Gasteiger partial charge in [0.15, 0.2) is 0 Å². The lowest BCUT2D eigenvalue weighted by Gasteiger charge is -2.20. The van der Waals surface area contributed by atoms with Crippen LogP contribution in [0.5, 0.6) is 0 Å². The first-order valence-corrected chi connectivity index (χ1v) is 5.54. The van der Waals surface area contributed by atoms with Crippen LogP contribution in [0.4, 0.5) is 5.69 Å². The fourth-order valence-electron chi connectivity index (χ4n) is 1.38. The van der Waals surface area contributed by atoms with Crippen molar-refractivity contribution in [1.29, 1.82) is 0 Å². The SMILES string of the molecule is CC(O)CCN(C)c1ccc([C@H](C)O)nc1. The molecule has 1 unspecified atom stereocenters. The molecule has 0 saturated carbocycles. The first-order chi connectivity index (χ1) is 7.50. The third-order valence-corrected chi connectivity index (χ3v) is 2.52. The highest BCUT2D eigenvalue weighted by molar-refractivity contribution is 5.43. The smallest absolute Gasteiger partial charge is 0.0931 e. The van der Waals surface area contributed by atoms with E-state index in [9.17, 15) is 10.2 Å². The van der Waals surface area contributed by atoms with Crippen LogP contribution in [-0.2, 0) is 0 Å². The Kier molecular flexibility index (Phi) is 4.71. The van der Waals surface area contributed by atoms with Crippen molar-refractivity contribution in [3.63, 3.8) is 0 Å². The molecular formula is C12H20N2O2. The minimum Gasteiger partial charge on any atom is -0.393 e. The fourth-order valence-corrected chi connectivity index (χ4v) is 1.38. The van der Waals surface area contributed by atoms with Gasteiger partial charge in [-0.25, -0.2) is 0 Å². The first-order valence-electron chi connectivity index (χ1n) is 5.54. The molecule has 0 radical (unpaired) electrons. The molecule has 1 aromatic heterocycles. The van der Waals surface area contributed by atoms with E-state index in [2.05, 4.69) is 4.98 Å². The monoisotopic (exact) mass is 224 g/mol. The van der Waals surface area contributed by atoms with Gasteiger partial charge in [0.05, 0.1) is 29.8 Å². The zero-order chi connectivity index (χ0) is 12.1. The van der Waals surface area contributed by atoms with E-state index in [1.165, 1.54) is 0 Å². The number of hydrogen-bond donors (Lipinski definition) is 2. The van der Waals surface area contributed by atoms with Crippen molar-refractivity contribution in [2.24, 2.45) is 0 Å². The summed E-state index contributed by atoms with van der Waals surface area (Å²) in [4.78, 5) is 6.21. The molecule has 4 heteroatoms. The van der Waals surface area contributed by atoms with Crippen LogP contribution in [0.15, 0.2) is 18.3 Å². The Hall–Kier alpha value is -1.13. The minimum atomic E-state index is -0.531. The van der Waals surface area contributed by atoms with Crippen molar-refractivity contribution in [2.45, 2.75) is 32.5 Å². The zero-order valence-electron chi connectivity index (χ0n) is 10.1. The highest BCUT2D eigenvalue weighted by atomic mass is 16.3. The summed E-state index contributed by atoms with van der Waals surface area (Å²) in [5, 5.41) is 18.5. The minimum absolute atomic E-state index is 0.285. The molecule has 0 amide bonds. The summed E-state index contributed by atoms with van der Waals surface area (Å²) >= 11 is 0. The third kappa shape index (κ3) is 3.79. The van der Waals surface area contributed by atoms with Crippen molar-refractivity contribution >= 4 is 5.69 Å². The quantitative estimate of drug-likeness (QED) is 0.792. The highest BCUT2D eigenvalue weighted by Gasteiger charge is 2.05. The predicted octanol–water partition coefficient (Wildman–Crippen LogP) is 1.34. The van der Waals surface area contributed by atoms with E-state index < -0.39 is 6.10 Å². The fraction of sp³-hybridized carbons (Fsp3) is 0.583. The second-order valence-corrected chi connectivity index (χ2v) is 4.18. The molecular weight excluding hydrogens is 204 g/mol. The molecule has 0 bridgehead atoms. The van der Waals surface area contributed by atoms with E-state index in [4.69, 9.17) is 0 Å². The highest BCUT2D eigenvalue weighted by Crippen LogP contribution is 2.15. The van der Waals surface area contributed by atoms with Crippen LogP contribution in [0.2, 0.25) is 0 Å². The van der Waals surface area contributed by atoms with Crippen molar-refractivity contribution in [2.75, 3.05) is 18.5 Å². The molecule has 2 atom stereocenters. The Balaban J connectivity index is 2.59. The predicted molar refractivity (Wildman–Crippen MR) is 64.4 cm³/mol. The topological polar surface area (TPSA) is 56.6 Å². The van der Waals surface area contributed by atoms with Crippen molar-refractivity contribution in [3.8, 4) is 0 Å². The number of aliphatic hydroxyl groups is 2. The Morgan fingerprint density at radius 2 is 2.00 bits per heavy atom. The van der Waals surface area contributed by atoms with Crippen LogP contribution >= 0.6 is 0 Å². The molecule has 0 aromatic carbocycles. The van der Waals surface area contributed by atoms with Gasteiger partial charge in [0, 0.05) is 13.6 Å². The van der Waals surface area contributed by atoms with Crippen molar-refractivity contribution in [1.82, 2.24) is 4.98 Å². The molecule has 0 spiro atoms. The third-order valence-electron chi connectivity index (χ3n) is 2.52. The lowest BCUT2D eigenvalue weighted by molar-refractivity contribution is 0.187. The lowest BCUT2D eigenvalue weighted by atomic mass is 10.2. The van der Waals surface area contributed by atoms with Crippen LogP contribution in [0, 0.1) is 0 Å². The van der Waals surface area contributed by atoms with E-state index in [0.29, 0.717) is 5.69 Å². The van der Waals surface area contributed by atoms with Crippen LogP contribution in [-0.4, -0.2) is 34.9 Å². The Morgan fingerprint density at radius 1 is 1.31 bits per heavy atom. The Morgan fingerprint density at radius 3 is 2.44 bits per heavy atom. The van der Waals surface area contributed by atoms with Crippen molar-refractivity contribution < 1.29 is 10.2 Å². The van der Waals surface area contributed by atoms with Gasteiger partial charge in [0.2, 0.25) is 0 Å². The molecule has 0 aliphatic rings. The summed E-state index contributed by atoms with van der Waals surface area (Å²) in [6, 6.07) is 3.75. The van der Waals surface area contributed by atoms with Crippen LogP contribution in [0.1, 0.15) is 32.1 Å². The zero-order valence-corrected chi connectivity index (χ0v) is 10.1. The molecule has 0 aliphatic carbocycles. The summed E-state index contributed by atoms with van der Waals surface area (Å²) < 4.78 is 0. The van der Waals surface area contributed by atoms with Gasteiger partial charge in [-0.1, -0.05) is 0 Å². The average molecular weight is 224 g/mol. The average Bonchev–Trinajstić information content (AvgIpc) is 2.26. The van der Waals surface area contributed by atoms with Crippen LogP contribution < -0.4 is 4.90 Å². The molecule has 4 nitrogen and oxygen atoms in total. The number of pyridine rings is 1. The summed E-state index contributed by atoms with van der Waals surface area (Å²) in [6.45, 7) is 4.26. The number of aromatic nitrogens is 1. The van der Waals surface area contributed by atoms with E-state index in [-0.39, 0.29) is 6.10 Å². The first kappa shape index (κ1) is 12.9. The maximum Gasteiger partial charge on any atom is 0.0931 e. The number of hydrogen-bond acceptors (Lipinski definition) is 4. The van der Waals surface area contributed by atoms with Gasteiger partial charge in [-0.15, -0.1) is 0 Å². The number of rotatable bonds is 5. The Bertz CT molecular complexity index is 309. The van der Waals surface area contributed by atoms with E-state index in [1.807, 2.05) is 24.1 Å². The summed E-state index contributed by atoms with van der Waals surface area (Å²) in [5.74, 6) is 0. The summed E-state index contributed by atoms with van der Waals surface area (Å²) in [7, 11) is 1.96. The number of aliphatic hydroxyl groups excluding tert-OH is 2. The molecule has 90 valence electrons. The van der Waals surface area contributed by atoms with E-state index in [1.54, 1.807) is 20.0 Å². The molecule has 16 heavy (non-hydrogen) atoms. The molecule has 1 rings (SSSR count). The summed E-state index contributed by atoms with van der Waals surface area (Å²) in [6.07, 6.45) is 1.66. The maximum absolute atomic E-state index is 9.32.